The highest BCUT2D eigenvalue weighted by Crippen LogP contribution is 2.23. The van der Waals surface area contributed by atoms with Crippen LogP contribution in [0.3, 0.4) is 0 Å². The summed E-state index contributed by atoms with van der Waals surface area (Å²) < 4.78 is 27.5. The number of carbonyl (C=O) groups is 2. The minimum absolute atomic E-state index is 0.0617. The monoisotopic (exact) mass is 355 g/mol. The van der Waals surface area contributed by atoms with Gasteiger partial charge in [0.05, 0.1) is 18.4 Å². The van der Waals surface area contributed by atoms with Crippen LogP contribution in [0.5, 0.6) is 0 Å². The van der Waals surface area contributed by atoms with Crippen molar-refractivity contribution in [2.24, 2.45) is 11.1 Å². The number of nitrogens with one attached hydrogen (secondary N) is 1. The second kappa shape index (κ2) is 7.18. The van der Waals surface area contributed by atoms with Crippen molar-refractivity contribution < 1.29 is 22.7 Å². The van der Waals surface area contributed by atoms with E-state index in [9.17, 15) is 18.0 Å². The molecule has 0 aliphatic carbocycles. The molecule has 1 aromatic rings. The number of nitrogens with zero attached hydrogens (tertiary/aromatic N) is 1. The molecule has 132 valence electrons. The van der Waals surface area contributed by atoms with Crippen molar-refractivity contribution in [2.75, 3.05) is 25.5 Å². The van der Waals surface area contributed by atoms with Gasteiger partial charge in [-0.15, -0.1) is 0 Å². The van der Waals surface area contributed by atoms with Crippen LogP contribution in [0.1, 0.15) is 18.4 Å². The molecular formula is C15H21N3O5S. The summed E-state index contributed by atoms with van der Waals surface area (Å²) >= 11 is 0. The first kappa shape index (κ1) is 18.2. The van der Waals surface area contributed by atoms with E-state index in [0.717, 1.165) is 12.0 Å². The fraction of sp³-hybridized carbons (Fsp3) is 0.467. The number of nitrogens with two attached hydrogens (primary N) is 1. The van der Waals surface area contributed by atoms with Crippen molar-refractivity contribution >= 4 is 27.7 Å². The molecule has 2 amide bonds. The maximum Gasteiger partial charge on any atom is 0.321 e. The zero-order chi connectivity index (χ0) is 17.9. The molecule has 0 spiro atoms. The summed E-state index contributed by atoms with van der Waals surface area (Å²) in [5.74, 6) is -0.223. The first-order valence-electron chi connectivity index (χ1n) is 7.47. The average Bonchev–Trinajstić information content (AvgIpc) is 2.96. The zero-order valence-electron chi connectivity index (χ0n) is 13.6. The largest absolute Gasteiger partial charge is 0.469 e. The van der Waals surface area contributed by atoms with Gasteiger partial charge in [-0.05, 0) is 37.0 Å². The number of primary sulfonamides is 1. The maximum atomic E-state index is 12.3. The van der Waals surface area contributed by atoms with E-state index >= 15 is 0 Å². The number of likely N-dealkylation sites (tertiary alicyclic amines) is 1. The molecule has 9 heteroatoms. The second-order valence-corrected chi connectivity index (χ2v) is 7.39. The average molecular weight is 355 g/mol. The van der Waals surface area contributed by atoms with Gasteiger partial charge in [0, 0.05) is 18.8 Å². The summed E-state index contributed by atoms with van der Waals surface area (Å²) in [6, 6.07) is 3.98. The summed E-state index contributed by atoms with van der Waals surface area (Å²) in [6.07, 6.45) is 0.999. The van der Waals surface area contributed by atoms with E-state index in [1.165, 1.54) is 19.2 Å². The Morgan fingerprint density at radius 2 is 2.12 bits per heavy atom. The number of ether oxygens (including phenoxy) is 1. The summed E-state index contributed by atoms with van der Waals surface area (Å²) in [5.41, 5.74) is 1.11. The molecule has 1 aromatic carbocycles. The molecule has 2 rings (SSSR count). The molecule has 0 unspecified atom stereocenters. The summed E-state index contributed by atoms with van der Waals surface area (Å²) in [7, 11) is -2.50. The molecular weight excluding hydrogens is 334 g/mol. The number of benzene rings is 1. The van der Waals surface area contributed by atoms with Gasteiger partial charge in [-0.2, -0.15) is 0 Å². The predicted octanol–water partition coefficient (Wildman–Crippen LogP) is 1.06. The lowest BCUT2D eigenvalue weighted by molar-refractivity contribution is -0.141. The Morgan fingerprint density at radius 3 is 2.75 bits per heavy atom. The molecule has 1 fully saturated rings. The van der Waals surface area contributed by atoms with E-state index < -0.39 is 10.0 Å². The number of rotatable bonds is 4. The fourth-order valence-electron chi connectivity index (χ4n) is 2.61. The minimum Gasteiger partial charge on any atom is -0.469 e. The first-order chi connectivity index (χ1) is 11.2. The van der Waals surface area contributed by atoms with Crippen molar-refractivity contribution in [3.63, 3.8) is 0 Å². The standard InChI is InChI=1S/C15H21N3O5S/c1-10-3-4-12(24(16,21)22)8-13(10)17-15(20)18-6-5-11(9-18)7-14(19)23-2/h3-4,8,11H,5-7,9H2,1-2H3,(H,17,20)(H2,16,21,22)/t11-/m1/s1. The second-order valence-electron chi connectivity index (χ2n) is 5.83. The molecule has 3 N–H and O–H groups in total. The van der Waals surface area contributed by atoms with E-state index in [-0.39, 0.29) is 29.2 Å². The van der Waals surface area contributed by atoms with Gasteiger partial charge in [0.1, 0.15) is 0 Å². The van der Waals surface area contributed by atoms with Gasteiger partial charge < -0.3 is 15.0 Å². The van der Waals surface area contributed by atoms with E-state index in [1.807, 2.05) is 0 Å². The first-order valence-corrected chi connectivity index (χ1v) is 9.01. The van der Waals surface area contributed by atoms with Gasteiger partial charge in [-0.25, -0.2) is 18.4 Å². The van der Waals surface area contributed by atoms with Gasteiger partial charge >= 0.3 is 12.0 Å². The van der Waals surface area contributed by atoms with Crippen LogP contribution in [-0.4, -0.2) is 45.5 Å². The van der Waals surface area contributed by atoms with Crippen molar-refractivity contribution in [1.29, 1.82) is 0 Å². The maximum absolute atomic E-state index is 12.3. The van der Waals surface area contributed by atoms with Gasteiger partial charge in [0.25, 0.3) is 0 Å². The molecule has 1 atom stereocenters. The third-order valence-corrected chi connectivity index (χ3v) is 4.95. The fourth-order valence-corrected chi connectivity index (χ4v) is 3.15. The third kappa shape index (κ3) is 4.45. The van der Waals surface area contributed by atoms with E-state index in [1.54, 1.807) is 17.9 Å². The number of carbonyl (C=O) groups excluding carboxylic acids is 2. The highest BCUT2D eigenvalue weighted by molar-refractivity contribution is 7.89. The molecule has 1 aliphatic heterocycles. The number of hydrogen-bond donors (Lipinski definition) is 2. The Bertz CT molecular complexity index is 747. The Hall–Kier alpha value is -2.13. The molecule has 1 heterocycles. The normalized spacial score (nSPS) is 17.6. The van der Waals surface area contributed by atoms with Crippen molar-refractivity contribution in [3.05, 3.63) is 23.8 Å². The SMILES string of the molecule is COC(=O)C[C@H]1CCN(C(=O)Nc2cc(S(N)(=O)=O)ccc2C)C1. The molecule has 24 heavy (non-hydrogen) atoms. The molecule has 8 nitrogen and oxygen atoms in total. The number of methoxy groups -OCH3 is 1. The van der Waals surface area contributed by atoms with Crippen LogP contribution in [0.2, 0.25) is 0 Å². The van der Waals surface area contributed by atoms with Crippen molar-refractivity contribution in [1.82, 2.24) is 4.90 Å². The summed E-state index contributed by atoms with van der Waals surface area (Å²) in [5, 5.41) is 7.82. The van der Waals surface area contributed by atoms with Crippen LogP contribution >= 0.6 is 0 Å². The van der Waals surface area contributed by atoms with Crippen LogP contribution in [0.15, 0.2) is 23.1 Å². The number of aryl methyl sites for hydroxylation is 1. The molecule has 1 saturated heterocycles. The Morgan fingerprint density at radius 1 is 1.42 bits per heavy atom. The van der Waals surface area contributed by atoms with Crippen molar-refractivity contribution in [3.8, 4) is 0 Å². The quantitative estimate of drug-likeness (QED) is 0.783. The van der Waals surface area contributed by atoms with E-state index in [4.69, 9.17) is 5.14 Å². The number of amides is 2. The number of anilines is 1. The zero-order valence-corrected chi connectivity index (χ0v) is 14.4. The number of esters is 1. The van der Waals surface area contributed by atoms with Crippen LogP contribution in [-0.2, 0) is 19.6 Å². The number of hydrogen-bond acceptors (Lipinski definition) is 5. The lowest BCUT2D eigenvalue weighted by Gasteiger charge is -2.18. The van der Waals surface area contributed by atoms with Gasteiger partial charge in [-0.3, -0.25) is 4.79 Å². The summed E-state index contributed by atoms with van der Waals surface area (Å²) in [6.45, 7) is 2.74. The van der Waals surface area contributed by atoms with Gasteiger partial charge in [0.2, 0.25) is 10.0 Å². The Labute approximate surface area is 141 Å². The molecule has 0 saturated carbocycles. The summed E-state index contributed by atoms with van der Waals surface area (Å²) in [4.78, 5) is 25.2. The topological polar surface area (TPSA) is 119 Å². The highest BCUT2D eigenvalue weighted by atomic mass is 32.2. The number of sulfonamides is 1. The highest BCUT2D eigenvalue weighted by Gasteiger charge is 2.28. The number of urea groups is 1. The van der Waals surface area contributed by atoms with Crippen LogP contribution in [0.25, 0.3) is 0 Å². The molecule has 0 aromatic heterocycles. The van der Waals surface area contributed by atoms with Gasteiger partial charge in [0.15, 0.2) is 0 Å². The van der Waals surface area contributed by atoms with Crippen LogP contribution in [0, 0.1) is 12.8 Å². The van der Waals surface area contributed by atoms with E-state index in [2.05, 4.69) is 10.1 Å². The smallest absolute Gasteiger partial charge is 0.321 e. The van der Waals surface area contributed by atoms with Crippen LogP contribution in [0.4, 0.5) is 10.5 Å². The lowest BCUT2D eigenvalue weighted by atomic mass is 10.1. The van der Waals surface area contributed by atoms with Gasteiger partial charge in [-0.1, -0.05) is 6.07 Å². The van der Waals surface area contributed by atoms with Crippen molar-refractivity contribution in [2.45, 2.75) is 24.7 Å². The Balaban J connectivity index is 2.04. The lowest BCUT2D eigenvalue weighted by Crippen LogP contribution is -2.33. The van der Waals surface area contributed by atoms with Crippen LogP contribution < -0.4 is 10.5 Å². The van der Waals surface area contributed by atoms with E-state index in [0.29, 0.717) is 18.8 Å². The Kier molecular flexibility index (Phi) is 5.45. The molecule has 0 bridgehead atoms. The molecule has 0 radical (unpaired) electrons. The predicted molar refractivity (Wildman–Crippen MR) is 87.9 cm³/mol. The molecule has 1 aliphatic rings. The minimum atomic E-state index is -3.84. The third-order valence-electron chi connectivity index (χ3n) is 4.04.